The molecule has 1 fully saturated rings. The third kappa shape index (κ3) is 5.51. The van der Waals surface area contributed by atoms with Gasteiger partial charge in [-0.2, -0.15) is 8.42 Å². The first kappa shape index (κ1) is 16.5. The molecule has 0 spiro atoms. The van der Waals surface area contributed by atoms with E-state index in [0.29, 0.717) is 18.8 Å². The predicted molar refractivity (Wildman–Crippen MR) is 80.7 cm³/mol. The van der Waals surface area contributed by atoms with Crippen LogP contribution < -0.4 is 9.50 Å². The minimum atomic E-state index is -5.04. The SMILES string of the molecule is CCN(CCC1CC1)C(=O)Nc1ccc(OS(=O)(=O)F)cc1. The van der Waals surface area contributed by atoms with E-state index < -0.39 is 10.5 Å². The Hall–Kier alpha value is -1.83. The average molecular weight is 330 g/mol. The van der Waals surface area contributed by atoms with Crippen molar-refractivity contribution in [2.75, 3.05) is 18.4 Å². The van der Waals surface area contributed by atoms with Crippen molar-refractivity contribution in [2.45, 2.75) is 26.2 Å². The van der Waals surface area contributed by atoms with E-state index in [1.165, 1.54) is 37.1 Å². The zero-order valence-corrected chi connectivity index (χ0v) is 13.1. The van der Waals surface area contributed by atoms with Crippen molar-refractivity contribution in [3.8, 4) is 5.75 Å². The van der Waals surface area contributed by atoms with Crippen molar-refractivity contribution in [3.63, 3.8) is 0 Å². The van der Waals surface area contributed by atoms with Crippen LogP contribution in [0.1, 0.15) is 26.2 Å². The molecule has 8 heteroatoms. The van der Waals surface area contributed by atoms with Gasteiger partial charge < -0.3 is 14.4 Å². The van der Waals surface area contributed by atoms with Crippen LogP contribution in [0.2, 0.25) is 0 Å². The van der Waals surface area contributed by atoms with E-state index in [1.54, 1.807) is 4.90 Å². The molecule has 0 radical (unpaired) electrons. The molecule has 2 rings (SSSR count). The summed E-state index contributed by atoms with van der Waals surface area (Å²) < 4.78 is 37.2. The number of carbonyl (C=O) groups excluding carboxylic acids is 1. The molecule has 0 aromatic heterocycles. The monoisotopic (exact) mass is 330 g/mol. The van der Waals surface area contributed by atoms with Gasteiger partial charge >= 0.3 is 16.5 Å². The smallest absolute Gasteiger partial charge is 0.358 e. The Bertz CT molecular complexity index is 614. The summed E-state index contributed by atoms with van der Waals surface area (Å²) in [5.74, 6) is 0.600. The fourth-order valence-corrected chi connectivity index (χ4v) is 2.40. The first-order valence-corrected chi connectivity index (χ1v) is 8.48. The predicted octanol–water partition coefficient (Wildman–Crippen LogP) is 2.93. The zero-order valence-electron chi connectivity index (χ0n) is 12.3. The van der Waals surface area contributed by atoms with Crippen LogP contribution in [-0.2, 0) is 10.5 Å². The van der Waals surface area contributed by atoms with Crippen LogP contribution in [0, 0.1) is 5.92 Å². The van der Waals surface area contributed by atoms with Crippen molar-refractivity contribution < 1.29 is 21.3 Å². The lowest BCUT2D eigenvalue weighted by molar-refractivity contribution is 0.213. The van der Waals surface area contributed by atoms with E-state index in [4.69, 9.17) is 0 Å². The second-order valence-electron chi connectivity index (χ2n) is 5.24. The van der Waals surface area contributed by atoms with Gasteiger partial charge in [0.25, 0.3) is 0 Å². The Morgan fingerprint density at radius 3 is 2.50 bits per heavy atom. The first-order chi connectivity index (χ1) is 10.4. The number of benzene rings is 1. The molecular weight excluding hydrogens is 311 g/mol. The van der Waals surface area contributed by atoms with Crippen LogP contribution in [0.3, 0.4) is 0 Å². The standard InChI is InChI=1S/C14H19FN2O4S/c1-2-17(10-9-11-3-4-11)14(18)16-12-5-7-13(8-6-12)21-22(15,19)20/h5-8,11H,2-4,9-10H2,1H3,(H,16,18). The Kier molecular flexibility index (Phi) is 5.23. The van der Waals surface area contributed by atoms with Gasteiger partial charge in [-0.3, -0.25) is 0 Å². The van der Waals surface area contributed by atoms with E-state index in [-0.39, 0.29) is 11.8 Å². The van der Waals surface area contributed by atoms with Crippen LogP contribution in [0.5, 0.6) is 5.75 Å². The van der Waals surface area contributed by atoms with Gasteiger partial charge in [0.2, 0.25) is 0 Å². The second-order valence-corrected chi connectivity index (χ2v) is 6.20. The maximum Gasteiger partial charge on any atom is 0.488 e. The minimum absolute atomic E-state index is 0.151. The number of urea groups is 1. The Morgan fingerprint density at radius 2 is 2.00 bits per heavy atom. The van der Waals surface area contributed by atoms with Gasteiger partial charge in [-0.05, 0) is 43.5 Å². The highest BCUT2D eigenvalue weighted by Gasteiger charge is 2.23. The fraction of sp³-hybridized carbons (Fsp3) is 0.500. The van der Waals surface area contributed by atoms with Gasteiger partial charge in [0, 0.05) is 18.8 Å². The lowest BCUT2D eigenvalue weighted by atomic mass is 10.3. The lowest BCUT2D eigenvalue weighted by Gasteiger charge is -2.21. The van der Waals surface area contributed by atoms with Crippen LogP contribution in [0.4, 0.5) is 14.4 Å². The van der Waals surface area contributed by atoms with Crippen molar-refractivity contribution >= 4 is 22.2 Å². The molecule has 0 atom stereocenters. The number of amides is 2. The van der Waals surface area contributed by atoms with E-state index in [1.807, 2.05) is 6.92 Å². The molecular formula is C14H19FN2O4S. The number of hydrogen-bond donors (Lipinski definition) is 1. The molecule has 0 saturated heterocycles. The highest BCUT2D eigenvalue weighted by Crippen LogP contribution is 2.32. The molecule has 0 aliphatic heterocycles. The Labute approximate surface area is 129 Å². The molecule has 6 nitrogen and oxygen atoms in total. The summed E-state index contributed by atoms with van der Waals surface area (Å²) in [6.45, 7) is 3.24. The summed E-state index contributed by atoms with van der Waals surface area (Å²) in [6, 6.07) is 5.23. The highest BCUT2D eigenvalue weighted by atomic mass is 32.3. The molecule has 1 aromatic rings. The molecule has 0 heterocycles. The molecule has 1 aromatic carbocycles. The highest BCUT2D eigenvalue weighted by molar-refractivity contribution is 7.81. The summed E-state index contributed by atoms with van der Waals surface area (Å²) in [4.78, 5) is 13.8. The molecule has 1 aliphatic carbocycles. The maximum absolute atomic E-state index is 12.4. The third-order valence-corrected chi connectivity index (χ3v) is 3.87. The first-order valence-electron chi connectivity index (χ1n) is 7.17. The Balaban J connectivity index is 1.89. The van der Waals surface area contributed by atoms with Gasteiger partial charge in [0.15, 0.2) is 0 Å². The average Bonchev–Trinajstić information content (AvgIpc) is 3.24. The van der Waals surface area contributed by atoms with Crippen molar-refractivity contribution in [1.82, 2.24) is 4.90 Å². The molecule has 22 heavy (non-hydrogen) atoms. The third-order valence-electron chi connectivity index (χ3n) is 3.47. The topological polar surface area (TPSA) is 75.7 Å². The summed E-state index contributed by atoms with van der Waals surface area (Å²) in [5, 5.41) is 2.72. The molecule has 0 bridgehead atoms. The van der Waals surface area contributed by atoms with Crippen LogP contribution in [0.25, 0.3) is 0 Å². The van der Waals surface area contributed by atoms with Gasteiger partial charge in [-0.1, -0.05) is 16.7 Å². The number of carbonyl (C=O) groups is 1. The Morgan fingerprint density at radius 1 is 1.36 bits per heavy atom. The van der Waals surface area contributed by atoms with Gasteiger partial charge in [0.1, 0.15) is 5.75 Å². The minimum Gasteiger partial charge on any atom is -0.358 e. The van der Waals surface area contributed by atoms with Gasteiger partial charge in [-0.15, -0.1) is 0 Å². The number of anilines is 1. The fourth-order valence-electron chi connectivity index (χ4n) is 2.06. The van der Waals surface area contributed by atoms with Crippen LogP contribution >= 0.6 is 0 Å². The lowest BCUT2D eigenvalue weighted by Crippen LogP contribution is -2.35. The zero-order chi connectivity index (χ0) is 16.2. The molecule has 122 valence electrons. The second kappa shape index (κ2) is 6.95. The normalized spacial score (nSPS) is 14.5. The summed E-state index contributed by atoms with van der Waals surface area (Å²) in [7, 11) is -5.04. The van der Waals surface area contributed by atoms with Crippen LogP contribution in [-0.4, -0.2) is 32.4 Å². The quantitative estimate of drug-likeness (QED) is 0.780. The molecule has 1 saturated carbocycles. The van der Waals surface area contributed by atoms with E-state index in [0.717, 1.165) is 12.3 Å². The molecule has 1 aliphatic rings. The number of hydrogen-bond acceptors (Lipinski definition) is 4. The van der Waals surface area contributed by atoms with E-state index in [2.05, 4.69) is 9.50 Å². The molecule has 2 amide bonds. The largest absolute Gasteiger partial charge is 0.488 e. The molecule has 1 N–H and O–H groups in total. The number of rotatable bonds is 7. The number of halogens is 1. The maximum atomic E-state index is 12.4. The summed E-state index contributed by atoms with van der Waals surface area (Å²) >= 11 is 0. The van der Waals surface area contributed by atoms with Gasteiger partial charge in [0.05, 0.1) is 0 Å². The van der Waals surface area contributed by atoms with Crippen molar-refractivity contribution in [1.29, 1.82) is 0 Å². The van der Waals surface area contributed by atoms with Crippen molar-refractivity contribution in [2.24, 2.45) is 5.92 Å². The molecule has 0 unspecified atom stereocenters. The van der Waals surface area contributed by atoms with E-state index in [9.17, 15) is 17.1 Å². The summed E-state index contributed by atoms with van der Waals surface area (Å²) in [5.41, 5.74) is 0.485. The number of nitrogens with one attached hydrogen (secondary N) is 1. The van der Waals surface area contributed by atoms with Crippen LogP contribution in [0.15, 0.2) is 24.3 Å². The summed E-state index contributed by atoms with van der Waals surface area (Å²) in [6.07, 6.45) is 3.51. The van der Waals surface area contributed by atoms with E-state index >= 15 is 0 Å². The van der Waals surface area contributed by atoms with Crippen molar-refractivity contribution in [3.05, 3.63) is 24.3 Å². The van der Waals surface area contributed by atoms with Gasteiger partial charge in [-0.25, -0.2) is 4.79 Å². The number of nitrogens with zero attached hydrogens (tertiary/aromatic N) is 1.